The number of benzene rings is 1. The lowest BCUT2D eigenvalue weighted by molar-refractivity contribution is -0.315. The highest BCUT2D eigenvalue weighted by molar-refractivity contribution is 5.82. The van der Waals surface area contributed by atoms with E-state index in [1.807, 2.05) is 30.3 Å². The van der Waals surface area contributed by atoms with Crippen LogP contribution >= 0.6 is 0 Å². The van der Waals surface area contributed by atoms with Crippen molar-refractivity contribution >= 4 is 23.8 Å². The van der Waals surface area contributed by atoms with Crippen molar-refractivity contribution in [2.75, 3.05) is 20.2 Å². The number of carbonyl (C=O) groups excluding carboxylic acids is 3. The van der Waals surface area contributed by atoms with E-state index < -0.39 is 35.7 Å². The number of aliphatic carboxylic acids is 1. The van der Waals surface area contributed by atoms with Gasteiger partial charge in [-0.25, -0.2) is 4.98 Å². The lowest BCUT2D eigenvalue weighted by Gasteiger charge is -2.78. The van der Waals surface area contributed by atoms with E-state index in [0.29, 0.717) is 17.8 Å². The first-order valence-corrected chi connectivity index (χ1v) is 14.5. The van der Waals surface area contributed by atoms with Crippen molar-refractivity contribution in [3.63, 3.8) is 0 Å². The summed E-state index contributed by atoms with van der Waals surface area (Å²) in [4.78, 5) is 56.1. The summed E-state index contributed by atoms with van der Waals surface area (Å²) >= 11 is 0. The second-order valence-electron chi connectivity index (χ2n) is 11.8. The number of carboxylic acid groups (broad SMARTS) is 1. The molecule has 1 saturated heterocycles. The van der Waals surface area contributed by atoms with Crippen LogP contribution in [-0.4, -0.2) is 87.8 Å². The van der Waals surface area contributed by atoms with E-state index in [1.165, 1.54) is 19.4 Å². The van der Waals surface area contributed by atoms with Gasteiger partial charge in [0, 0.05) is 55.3 Å². The van der Waals surface area contributed by atoms with Crippen molar-refractivity contribution in [1.29, 1.82) is 0 Å². The molecule has 3 fully saturated rings. The van der Waals surface area contributed by atoms with Gasteiger partial charge in [0.2, 0.25) is 5.91 Å². The van der Waals surface area contributed by atoms with Gasteiger partial charge in [0.1, 0.15) is 18.6 Å². The zero-order valence-corrected chi connectivity index (χ0v) is 24.0. The predicted octanol–water partition coefficient (Wildman–Crippen LogP) is 1.09. The van der Waals surface area contributed by atoms with E-state index in [-0.39, 0.29) is 50.0 Å². The third-order valence-corrected chi connectivity index (χ3v) is 9.36. The number of nitrogens with zero attached hydrogens (tertiary/aromatic N) is 3. The predicted molar refractivity (Wildman–Crippen MR) is 150 cm³/mol. The number of esters is 2. The van der Waals surface area contributed by atoms with Crippen molar-refractivity contribution in [3.05, 3.63) is 54.1 Å². The maximum absolute atomic E-state index is 13.3. The first-order valence-electron chi connectivity index (χ1n) is 14.5. The van der Waals surface area contributed by atoms with Crippen molar-refractivity contribution in [2.24, 2.45) is 17.1 Å². The molecular formula is C30H39N5O7. The number of nitrogens with two attached hydrogens (primary N) is 1. The minimum Gasteiger partial charge on any atom is -0.481 e. The van der Waals surface area contributed by atoms with Gasteiger partial charge in [0.05, 0.1) is 24.7 Å². The summed E-state index contributed by atoms with van der Waals surface area (Å²) in [6, 6.07) is 9.45. The summed E-state index contributed by atoms with van der Waals surface area (Å²) in [6.45, 7) is 1.52. The van der Waals surface area contributed by atoms with Gasteiger partial charge in [0.15, 0.2) is 0 Å². The molecule has 4 N–H and O–H groups in total. The second kappa shape index (κ2) is 12.2. The molecule has 226 valence electrons. The number of carboxylic acids is 1. The van der Waals surface area contributed by atoms with Gasteiger partial charge in [-0.15, -0.1) is 0 Å². The highest BCUT2D eigenvalue weighted by Gasteiger charge is 2.75. The Balaban J connectivity index is 1.14. The zero-order valence-electron chi connectivity index (χ0n) is 24.0. The number of carbonyl (C=O) groups is 4. The lowest BCUT2D eigenvalue weighted by atomic mass is 9.41. The Bertz CT molecular complexity index is 1310. The molecule has 1 amide bonds. The number of likely N-dealkylation sites (tertiary alicyclic amines) is 1. The molecule has 3 aliphatic rings. The number of imidazole rings is 1. The molecule has 1 aliphatic heterocycles. The maximum Gasteiger partial charge on any atom is 0.317 e. The molecule has 42 heavy (non-hydrogen) atoms. The van der Waals surface area contributed by atoms with Gasteiger partial charge in [-0.1, -0.05) is 30.3 Å². The van der Waals surface area contributed by atoms with E-state index in [0.717, 1.165) is 24.8 Å². The summed E-state index contributed by atoms with van der Waals surface area (Å²) < 4.78 is 13.3. The second-order valence-corrected chi connectivity index (χ2v) is 11.8. The zero-order chi connectivity index (χ0) is 30.0. The van der Waals surface area contributed by atoms with Crippen LogP contribution in [0.1, 0.15) is 49.8 Å². The van der Waals surface area contributed by atoms with Gasteiger partial charge in [-0.05, 0) is 32.4 Å². The number of amides is 1. The van der Waals surface area contributed by atoms with E-state index in [4.69, 9.17) is 15.2 Å². The third kappa shape index (κ3) is 5.65. The Kier molecular flexibility index (Phi) is 8.65. The van der Waals surface area contributed by atoms with Crippen LogP contribution in [0.5, 0.6) is 0 Å². The quantitative estimate of drug-likeness (QED) is 0.275. The van der Waals surface area contributed by atoms with Gasteiger partial charge >= 0.3 is 17.9 Å². The number of nitrogens with one attached hydrogen (secondary N) is 1. The molecule has 2 heterocycles. The number of aromatic nitrogens is 2. The van der Waals surface area contributed by atoms with Crippen LogP contribution in [0.25, 0.3) is 0 Å². The van der Waals surface area contributed by atoms with E-state index in [2.05, 4.69) is 22.2 Å². The summed E-state index contributed by atoms with van der Waals surface area (Å²) in [6.07, 6.45) is 6.13. The average Bonchev–Trinajstić information content (AvgIpc) is 3.38. The van der Waals surface area contributed by atoms with E-state index >= 15 is 0 Å². The van der Waals surface area contributed by atoms with Crippen LogP contribution in [0.15, 0.2) is 42.9 Å². The number of aryl methyl sites for hydroxylation is 1. The number of hydrogen-bond acceptors (Lipinski definition) is 9. The van der Waals surface area contributed by atoms with Crippen molar-refractivity contribution in [1.82, 2.24) is 19.8 Å². The molecule has 12 heteroatoms. The molecular weight excluding hydrogens is 542 g/mol. The Morgan fingerprint density at radius 3 is 2.62 bits per heavy atom. The summed E-state index contributed by atoms with van der Waals surface area (Å²) in [7, 11) is 2.14. The molecule has 5 rings (SSSR count). The van der Waals surface area contributed by atoms with Crippen LogP contribution < -0.4 is 11.1 Å². The molecule has 1 aromatic heterocycles. The number of piperidine rings is 2. The summed E-state index contributed by atoms with van der Waals surface area (Å²) in [5.41, 5.74) is 6.98. The molecule has 12 nitrogen and oxygen atoms in total. The van der Waals surface area contributed by atoms with Gasteiger partial charge < -0.3 is 30.2 Å². The molecule has 2 aliphatic carbocycles. The average molecular weight is 582 g/mol. The van der Waals surface area contributed by atoms with Gasteiger partial charge in [-0.2, -0.15) is 0 Å². The van der Waals surface area contributed by atoms with Crippen molar-refractivity contribution in [3.8, 4) is 0 Å². The third-order valence-electron chi connectivity index (χ3n) is 9.36. The molecule has 0 radical (unpaired) electrons. The molecule has 1 spiro atoms. The number of hydrogen-bond donors (Lipinski definition) is 3. The fraction of sp³-hybridized carbons (Fsp3) is 0.567. The summed E-state index contributed by atoms with van der Waals surface area (Å²) in [5.74, 6) is -4.00. The van der Waals surface area contributed by atoms with Crippen LogP contribution in [-0.2, 0) is 41.6 Å². The number of ether oxygens (including phenoxy) is 2. The Morgan fingerprint density at radius 1 is 1.21 bits per heavy atom. The normalized spacial score (nSPS) is 26.1. The molecule has 2 aromatic rings. The number of rotatable bonds is 14. The van der Waals surface area contributed by atoms with Crippen molar-refractivity contribution < 1.29 is 33.8 Å². The SMILES string of the molecule is CC(N)C(=O)NCC(Cc1cncn1CCC(=O)OCC(C(=O)OC1CC2N(C)C3CCC132)c1ccccc1)C(=O)O. The van der Waals surface area contributed by atoms with Crippen LogP contribution in [0.4, 0.5) is 0 Å². The maximum atomic E-state index is 13.3. The molecule has 7 atom stereocenters. The van der Waals surface area contributed by atoms with E-state index in [1.54, 1.807) is 4.57 Å². The van der Waals surface area contributed by atoms with Crippen LogP contribution in [0.2, 0.25) is 0 Å². The van der Waals surface area contributed by atoms with Gasteiger partial charge in [0.25, 0.3) is 0 Å². The Labute approximate surface area is 244 Å². The van der Waals surface area contributed by atoms with Crippen LogP contribution in [0.3, 0.4) is 0 Å². The fourth-order valence-electron chi connectivity index (χ4n) is 6.76. The first-order chi connectivity index (χ1) is 20.1. The fourth-order valence-corrected chi connectivity index (χ4v) is 6.76. The monoisotopic (exact) mass is 581 g/mol. The van der Waals surface area contributed by atoms with Gasteiger partial charge in [-0.3, -0.25) is 24.1 Å². The highest BCUT2D eigenvalue weighted by atomic mass is 16.6. The molecule has 7 unspecified atom stereocenters. The Morgan fingerprint density at radius 2 is 1.98 bits per heavy atom. The molecule has 1 aromatic carbocycles. The molecule has 2 saturated carbocycles. The topological polar surface area (TPSA) is 166 Å². The lowest BCUT2D eigenvalue weighted by Crippen LogP contribution is -2.86. The smallest absolute Gasteiger partial charge is 0.317 e. The first kappa shape index (κ1) is 29.7. The minimum absolute atomic E-state index is 0.000506. The summed E-state index contributed by atoms with van der Waals surface area (Å²) in [5, 5.41) is 12.2. The Hall–Kier alpha value is -3.77. The van der Waals surface area contributed by atoms with Crippen molar-refractivity contribution in [2.45, 2.75) is 75.7 Å². The van der Waals surface area contributed by atoms with Crippen LogP contribution in [0, 0.1) is 11.3 Å². The minimum atomic E-state index is -1.07. The molecule has 0 bridgehead atoms. The standard InChI is InChI=1S/C30H39N5O7/c1-18(31)27(37)33-14-20(28(38)39)12-21-15-32-17-35(21)11-9-26(36)41-16-22(19-6-4-3-5-7-19)29(40)42-25-13-24-30(25)10-8-23(30)34(24)2/h3-7,15,17-18,20,22-25H,8-14,16,31H2,1-2H3,(H,33,37)(H,38,39). The highest BCUT2D eigenvalue weighted by Crippen LogP contribution is 2.68. The van der Waals surface area contributed by atoms with E-state index in [9.17, 15) is 24.3 Å². The largest absolute Gasteiger partial charge is 0.481 e.